The molecule has 0 bridgehead atoms. The summed E-state index contributed by atoms with van der Waals surface area (Å²) in [6.45, 7) is 11.5. The summed E-state index contributed by atoms with van der Waals surface area (Å²) in [6, 6.07) is 1.62. The third kappa shape index (κ3) is 4.26. The van der Waals surface area contributed by atoms with Crippen LogP contribution in [0.3, 0.4) is 0 Å². The highest BCUT2D eigenvalue weighted by Gasteiger charge is 2.40. The van der Waals surface area contributed by atoms with E-state index in [9.17, 15) is 9.59 Å². The van der Waals surface area contributed by atoms with E-state index in [2.05, 4.69) is 10.3 Å². The van der Waals surface area contributed by atoms with Gasteiger partial charge in [-0.15, -0.1) is 0 Å². The predicted octanol–water partition coefficient (Wildman–Crippen LogP) is 2.96. The lowest BCUT2D eigenvalue weighted by Crippen LogP contribution is -2.51. The molecule has 26 heavy (non-hydrogen) atoms. The molecule has 7 nitrogen and oxygen atoms in total. The van der Waals surface area contributed by atoms with Crippen molar-refractivity contribution in [2.75, 3.05) is 12.3 Å². The monoisotopic (exact) mass is 363 g/mol. The number of carbonyl (C=O) groups excluding carboxylic acids is 2. The molecular formula is C19H29N3O4. The number of amides is 1. The van der Waals surface area contributed by atoms with Gasteiger partial charge in [0.05, 0.1) is 12.3 Å². The molecular weight excluding hydrogens is 334 g/mol. The molecule has 0 aromatic carbocycles. The summed E-state index contributed by atoms with van der Waals surface area (Å²) in [5.74, 6) is -0.319. The van der Waals surface area contributed by atoms with E-state index in [1.54, 1.807) is 13.0 Å². The van der Waals surface area contributed by atoms with Gasteiger partial charge in [0.1, 0.15) is 17.0 Å². The number of fused-ring (bicyclic) bond motifs is 1. The fourth-order valence-corrected chi connectivity index (χ4v) is 3.22. The number of nitrogen functional groups attached to an aromatic ring is 1. The largest absolute Gasteiger partial charge is 0.462 e. The van der Waals surface area contributed by atoms with E-state index >= 15 is 0 Å². The number of rotatable bonds is 3. The number of esters is 1. The molecule has 1 aromatic rings. The first kappa shape index (κ1) is 20.0. The lowest BCUT2D eigenvalue weighted by atomic mass is 9.71. The molecule has 0 saturated heterocycles. The van der Waals surface area contributed by atoms with Crippen molar-refractivity contribution in [2.45, 2.75) is 71.4 Å². The van der Waals surface area contributed by atoms with E-state index in [0.717, 1.165) is 11.3 Å². The lowest BCUT2D eigenvalue weighted by Gasteiger charge is -2.40. The quantitative estimate of drug-likeness (QED) is 0.800. The second-order valence-corrected chi connectivity index (χ2v) is 8.11. The zero-order valence-electron chi connectivity index (χ0n) is 16.4. The smallest absolute Gasteiger partial charge is 0.407 e. The Morgan fingerprint density at radius 3 is 2.62 bits per heavy atom. The third-order valence-electron chi connectivity index (χ3n) is 4.50. The fraction of sp³-hybridized carbons (Fsp3) is 0.632. The molecule has 7 heteroatoms. The SMILES string of the molecule is CCOC(=O)c1cc2c(nc1N)C(C)(C)C(NC(=O)OC(C)(C)C)CC2. The molecule has 3 N–H and O–H groups in total. The Morgan fingerprint density at radius 1 is 1.38 bits per heavy atom. The number of alkyl carbamates (subject to hydrolysis) is 1. The maximum Gasteiger partial charge on any atom is 0.407 e. The zero-order valence-corrected chi connectivity index (χ0v) is 16.4. The van der Waals surface area contributed by atoms with Gasteiger partial charge in [0.25, 0.3) is 0 Å². The number of anilines is 1. The van der Waals surface area contributed by atoms with Gasteiger partial charge in [0, 0.05) is 11.5 Å². The third-order valence-corrected chi connectivity index (χ3v) is 4.50. The summed E-state index contributed by atoms with van der Waals surface area (Å²) in [5.41, 5.74) is 7.03. The Bertz CT molecular complexity index is 707. The average Bonchev–Trinajstić information content (AvgIpc) is 2.49. The molecule has 1 amide bonds. The van der Waals surface area contributed by atoms with Crippen LogP contribution in [0.1, 0.15) is 69.6 Å². The number of ether oxygens (including phenoxy) is 2. The molecule has 1 aliphatic carbocycles. The summed E-state index contributed by atoms with van der Waals surface area (Å²) in [4.78, 5) is 28.7. The zero-order chi connectivity index (χ0) is 19.7. The van der Waals surface area contributed by atoms with Crippen LogP contribution in [0.4, 0.5) is 10.6 Å². The van der Waals surface area contributed by atoms with Crippen molar-refractivity contribution in [1.29, 1.82) is 0 Å². The number of nitrogens with one attached hydrogen (secondary N) is 1. The summed E-state index contributed by atoms with van der Waals surface area (Å²) in [6.07, 6.45) is 0.946. The number of nitrogens with zero attached hydrogens (tertiary/aromatic N) is 1. The van der Waals surface area contributed by atoms with Gasteiger partial charge in [-0.25, -0.2) is 14.6 Å². The molecule has 1 aromatic heterocycles. The van der Waals surface area contributed by atoms with Crippen molar-refractivity contribution < 1.29 is 19.1 Å². The molecule has 0 radical (unpaired) electrons. The first-order valence-corrected chi connectivity index (χ1v) is 8.92. The number of hydrogen-bond acceptors (Lipinski definition) is 6. The Hall–Kier alpha value is -2.31. The number of pyridine rings is 1. The van der Waals surface area contributed by atoms with Crippen LogP contribution in [0.5, 0.6) is 0 Å². The molecule has 1 heterocycles. The van der Waals surface area contributed by atoms with Crippen molar-refractivity contribution in [3.05, 3.63) is 22.9 Å². The second-order valence-electron chi connectivity index (χ2n) is 8.11. The summed E-state index contributed by atoms with van der Waals surface area (Å²) < 4.78 is 10.4. The van der Waals surface area contributed by atoms with Crippen molar-refractivity contribution in [3.63, 3.8) is 0 Å². The highest BCUT2D eigenvalue weighted by Crippen LogP contribution is 2.37. The van der Waals surface area contributed by atoms with Gasteiger partial charge >= 0.3 is 12.1 Å². The van der Waals surface area contributed by atoms with E-state index in [4.69, 9.17) is 15.2 Å². The topological polar surface area (TPSA) is 104 Å². The molecule has 144 valence electrons. The van der Waals surface area contributed by atoms with E-state index in [-0.39, 0.29) is 18.5 Å². The Balaban J connectivity index is 2.27. The van der Waals surface area contributed by atoms with Crippen molar-refractivity contribution in [1.82, 2.24) is 10.3 Å². The molecule has 0 saturated carbocycles. The van der Waals surface area contributed by atoms with E-state index in [0.29, 0.717) is 18.4 Å². The molecule has 0 fully saturated rings. The number of nitrogens with two attached hydrogens (primary N) is 1. The number of aryl methyl sites for hydroxylation is 1. The minimum atomic E-state index is -0.558. The second kappa shape index (κ2) is 7.13. The highest BCUT2D eigenvalue weighted by molar-refractivity contribution is 5.94. The molecule has 1 aliphatic rings. The van der Waals surface area contributed by atoms with Crippen LogP contribution in [0.2, 0.25) is 0 Å². The number of aromatic nitrogens is 1. The summed E-state index contributed by atoms with van der Waals surface area (Å²) in [7, 11) is 0. The van der Waals surface area contributed by atoms with Crippen molar-refractivity contribution in [2.24, 2.45) is 0 Å². The standard InChI is InChI=1S/C19H29N3O4/c1-7-25-16(23)12-10-11-8-9-13(21-17(24)26-18(2,3)4)19(5,6)14(11)22-15(12)20/h10,13H,7-9H2,1-6H3,(H2,20,22)(H,21,24). The predicted molar refractivity (Wildman–Crippen MR) is 99.1 cm³/mol. The van der Waals surface area contributed by atoms with E-state index in [1.165, 1.54) is 0 Å². The van der Waals surface area contributed by atoms with Crippen LogP contribution in [0.15, 0.2) is 6.07 Å². The van der Waals surface area contributed by atoms with Gasteiger partial charge in [0.2, 0.25) is 0 Å². The average molecular weight is 363 g/mol. The fourth-order valence-electron chi connectivity index (χ4n) is 3.22. The molecule has 0 aliphatic heterocycles. The number of carbonyl (C=O) groups is 2. The van der Waals surface area contributed by atoms with Gasteiger partial charge in [0.15, 0.2) is 0 Å². The molecule has 1 atom stereocenters. The minimum Gasteiger partial charge on any atom is -0.462 e. The Kier molecular flexibility index (Phi) is 5.49. The van der Waals surface area contributed by atoms with Crippen molar-refractivity contribution >= 4 is 17.9 Å². The van der Waals surface area contributed by atoms with Crippen LogP contribution in [0.25, 0.3) is 0 Å². The Morgan fingerprint density at radius 2 is 2.04 bits per heavy atom. The van der Waals surface area contributed by atoms with Gasteiger partial charge < -0.3 is 20.5 Å². The van der Waals surface area contributed by atoms with Gasteiger partial charge in [-0.2, -0.15) is 0 Å². The summed E-state index contributed by atoms with van der Waals surface area (Å²) in [5, 5.41) is 2.95. The maximum absolute atomic E-state index is 12.2. The normalized spacial score (nSPS) is 18.6. The highest BCUT2D eigenvalue weighted by atomic mass is 16.6. The molecule has 0 spiro atoms. The van der Waals surface area contributed by atoms with Gasteiger partial charge in [-0.3, -0.25) is 0 Å². The minimum absolute atomic E-state index is 0.146. The van der Waals surface area contributed by atoms with Crippen LogP contribution >= 0.6 is 0 Å². The van der Waals surface area contributed by atoms with E-state index in [1.807, 2.05) is 34.6 Å². The molecule has 2 rings (SSSR count). The lowest BCUT2D eigenvalue weighted by molar-refractivity contribution is 0.0472. The maximum atomic E-state index is 12.2. The van der Waals surface area contributed by atoms with Crippen LogP contribution < -0.4 is 11.1 Å². The van der Waals surface area contributed by atoms with Crippen molar-refractivity contribution in [3.8, 4) is 0 Å². The molecule has 1 unspecified atom stereocenters. The van der Waals surface area contributed by atoms with Gasteiger partial charge in [-0.05, 0) is 52.2 Å². The first-order valence-electron chi connectivity index (χ1n) is 8.92. The number of hydrogen-bond donors (Lipinski definition) is 2. The van der Waals surface area contributed by atoms with Gasteiger partial charge in [-0.1, -0.05) is 13.8 Å². The van der Waals surface area contributed by atoms with Crippen LogP contribution in [-0.4, -0.2) is 35.3 Å². The van der Waals surface area contributed by atoms with E-state index < -0.39 is 23.1 Å². The van der Waals surface area contributed by atoms with Crippen LogP contribution in [-0.2, 0) is 21.3 Å². The summed E-state index contributed by atoms with van der Waals surface area (Å²) >= 11 is 0. The van der Waals surface area contributed by atoms with Crippen LogP contribution in [0, 0.1) is 0 Å². The Labute approximate surface area is 154 Å². The first-order chi connectivity index (χ1) is 12.0.